The van der Waals surface area contributed by atoms with E-state index in [1.54, 1.807) is 17.0 Å². The summed E-state index contributed by atoms with van der Waals surface area (Å²) in [5.41, 5.74) is 0.0807. The summed E-state index contributed by atoms with van der Waals surface area (Å²) < 4.78 is 14.3. The lowest BCUT2D eigenvalue weighted by atomic mass is 10.1. The lowest BCUT2D eigenvalue weighted by Gasteiger charge is -2.37. The van der Waals surface area contributed by atoms with Crippen LogP contribution in [0.1, 0.15) is 23.2 Å². The first-order valence-electron chi connectivity index (χ1n) is 6.60. The Hall–Kier alpha value is -1.43. The molecule has 2 amide bonds. The minimum absolute atomic E-state index is 0.0807. The van der Waals surface area contributed by atoms with E-state index in [1.165, 1.54) is 6.07 Å². The first-order chi connectivity index (χ1) is 9.58. The van der Waals surface area contributed by atoms with Gasteiger partial charge in [0.1, 0.15) is 5.82 Å². The zero-order valence-electron chi connectivity index (χ0n) is 10.8. The monoisotopic (exact) mass is 340 g/mol. The molecule has 1 aromatic rings. The van der Waals surface area contributed by atoms with E-state index in [-0.39, 0.29) is 27.9 Å². The number of hydrogen-bond acceptors (Lipinski definition) is 2. The number of carbonyl (C=O) groups is 2. The predicted octanol–water partition coefficient (Wildman–Crippen LogP) is 2.04. The van der Waals surface area contributed by atoms with Crippen molar-refractivity contribution in [1.82, 2.24) is 9.80 Å². The summed E-state index contributed by atoms with van der Waals surface area (Å²) in [6.07, 6.45) is 1.33. The van der Waals surface area contributed by atoms with Gasteiger partial charge in [0.25, 0.3) is 5.91 Å². The third kappa shape index (κ3) is 2.22. The van der Waals surface area contributed by atoms with Crippen molar-refractivity contribution in [2.24, 2.45) is 0 Å². The second-order valence-electron chi connectivity index (χ2n) is 5.13. The molecule has 4 nitrogen and oxygen atoms in total. The topological polar surface area (TPSA) is 40.6 Å². The van der Waals surface area contributed by atoms with Crippen molar-refractivity contribution >= 4 is 27.7 Å². The second kappa shape index (κ2) is 5.16. The zero-order chi connectivity index (χ0) is 14.3. The molecule has 3 rings (SSSR count). The lowest BCUT2D eigenvalue weighted by molar-refractivity contribution is -0.130. The quantitative estimate of drug-likeness (QED) is 0.784. The molecule has 0 saturated carbocycles. The Morgan fingerprint density at radius 3 is 2.95 bits per heavy atom. The number of piperazine rings is 1. The number of benzene rings is 1. The van der Waals surface area contributed by atoms with Gasteiger partial charge in [0.05, 0.1) is 10.0 Å². The van der Waals surface area contributed by atoms with Crippen molar-refractivity contribution in [2.45, 2.75) is 18.9 Å². The fourth-order valence-electron chi connectivity index (χ4n) is 2.89. The summed E-state index contributed by atoms with van der Waals surface area (Å²) in [7, 11) is 0. The fourth-order valence-corrected chi connectivity index (χ4v) is 3.25. The molecule has 0 radical (unpaired) electrons. The maximum Gasteiger partial charge on any atom is 0.257 e. The van der Waals surface area contributed by atoms with E-state index in [9.17, 15) is 14.0 Å². The van der Waals surface area contributed by atoms with E-state index in [0.717, 1.165) is 6.42 Å². The average molecular weight is 341 g/mol. The van der Waals surface area contributed by atoms with Crippen molar-refractivity contribution in [1.29, 1.82) is 0 Å². The summed E-state index contributed by atoms with van der Waals surface area (Å²) >= 11 is 3.09. The van der Waals surface area contributed by atoms with Crippen LogP contribution in [0.3, 0.4) is 0 Å². The van der Waals surface area contributed by atoms with E-state index in [4.69, 9.17) is 0 Å². The number of nitrogens with zero attached hydrogens (tertiary/aromatic N) is 2. The van der Waals surface area contributed by atoms with Gasteiger partial charge in [-0.2, -0.15) is 0 Å². The molecule has 1 atom stereocenters. The van der Waals surface area contributed by atoms with Gasteiger partial charge >= 0.3 is 0 Å². The van der Waals surface area contributed by atoms with Crippen LogP contribution >= 0.6 is 15.9 Å². The smallest absolute Gasteiger partial charge is 0.257 e. The summed E-state index contributed by atoms with van der Waals surface area (Å²) in [6, 6.07) is 4.81. The Morgan fingerprint density at radius 1 is 1.35 bits per heavy atom. The molecule has 0 spiro atoms. The van der Waals surface area contributed by atoms with Crippen molar-refractivity contribution in [3.05, 3.63) is 34.1 Å². The van der Waals surface area contributed by atoms with Crippen LogP contribution in [0.4, 0.5) is 4.39 Å². The molecule has 106 valence electrons. The van der Waals surface area contributed by atoms with Crippen LogP contribution < -0.4 is 0 Å². The van der Waals surface area contributed by atoms with Crippen LogP contribution in [0.15, 0.2) is 22.7 Å². The highest BCUT2D eigenvalue weighted by molar-refractivity contribution is 9.10. The van der Waals surface area contributed by atoms with Crippen molar-refractivity contribution < 1.29 is 14.0 Å². The Labute approximate surface area is 124 Å². The van der Waals surface area contributed by atoms with Crippen LogP contribution in [0.25, 0.3) is 0 Å². The number of hydrogen-bond donors (Lipinski definition) is 0. The Balaban J connectivity index is 1.79. The second-order valence-corrected chi connectivity index (χ2v) is 5.99. The van der Waals surface area contributed by atoms with Crippen molar-refractivity contribution in [2.75, 3.05) is 19.6 Å². The van der Waals surface area contributed by atoms with Gasteiger partial charge in [-0.15, -0.1) is 0 Å². The van der Waals surface area contributed by atoms with Crippen LogP contribution in [0.5, 0.6) is 0 Å². The molecule has 1 aromatic carbocycles. The average Bonchev–Trinajstić information content (AvgIpc) is 2.82. The van der Waals surface area contributed by atoms with Crippen LogP contribution in [-0.4, -0.2) is 47.3 Å². The Bertz CT molecular complexity index is 578. The largest absolute Gasteiger partial charge is 0.336 e. The van der Waals surface area contributed by atoms with Gasteiger partial charge in [-0.05, 0) is 34.5 Å². The van der Waals surface area contributed by atoms with E-state index in [2.05, 4.69) is 15.9 Å². The number of amides is 2. The van der Waals surface area contributed by atoms with Gasteiger partial charge < -0.3 is 9.80 Å². The zero-order valence-corrected chi connectivity index (χ0v) is 12.4. The minimum atomic E-state index is -0.526. The first kappa shape index (κ1) is 13.5. The third-order valence-corrected chi connectivity index (χ3v) is 4.58. The first-order valence-corrected chi connectivity index (χ1v) is 7.40. The third-order valence-electron chi connectivity index (χ3n) is 3.96. The van der Waals surface area contributed by atoms with Gasteiger partial charge in [-0.1, -0.05) is 6.07 Å². The molecule has 6 heteroatoms. The van der Waals surface area contributed by atoms with Crippen molar-refractivity contribution in [3.8, 4) is 0 Å². The van der Waals surface area contributed by atoms with Crippen LogP contribution in [0.2, 0.25) is 0 Å². The standard InChI is InChI=1S/C14H14BrFN2O2/c15-11-3-1-2-10(13(11)16)14(20)17-6-7-18-9(8-17)4-5-12(18)19/h1-3,9H,4-8H2. The van der Waals surface area contributed by atoms with Crippen LogP contribution in [-0.2, 0) is 4.79 Å². The summed E-state index contributed by atoms with van der Waals surface area (Å²) in [5.74, 6) is -0.666. The fraction of sp³-hybridized carbons (Fsp3) is 0.429. The number of fused-ring (bicyclic) bond motifs is 1. The normalized spacial score (nSPS) is 22.1. The molecule has 1 unspecified atom stereocenters. The van der Waals surface area contributed by atoms with E-state index in [1.807, 2.05) is 4.90 Å². The molecule has 0 aromatic heterocycles. The highest BCUT2D eigenvalue weighted by Crippen LogP contribution is 2.25. The minimum Gasteiger partial charge on any atom is -0.336 e. The van der Waals surface area contributed by atoms with Gasteiger partial charge in [-0.3, -0.25) is 9.59 Å². The number of halogens is 2. The van der Waals surface area contributed by atoms with Gasteiger partial charge in [0, 0.05) is 32.1 Å². The summed E-state index contributed by atoms with van der Waals surface area (Å²) in [4.78, 5) is 27.5. The van der Waals surface area contributed by atoms with Gasteiger partial charge in [0.15, 0.2) is 0 Å². The highest BCUT2D eigenvalue weighted by atomic mass is 79.9. The molecule has 0 N–H and O–H groups in total. The van der Waals surface area contributed by atoms with E-state index >= 15 is 0 Å². The molecular weight excluding hydrogens is 327 g/mol. The molecule has 2 aliphatic heterocycles. The van der Waals surface area contributed by atoms with E-state index in [0.29, 0.717) is 26.1 Å². The highest BCUT2D eigenvalue weighted by Gasteiger charge is 2.37. The SMILES string of the molecule is O=C(c1cccc(Br)c1F)N1CCN2C(=O)CCC2C1. The molecule has 2 fully saturated rings. The molecule has 0 bridgehead atoms. The summed E-state index contributed by atoms with van der Waals surface area (Å²) in [6.45, 7) is 1.51. The van der Waals surface area contributed by atoms with E-state index < -0.39 is 5.82 Å². The van der Waals surface area contributed by atoms with Gasteiger partial charge in [0.2, 0.25) is 5.91 Å². The molecule has 2 heterocycles. The molecule has 0 aliphatic carbocycles. The maximum atomic E-state index is 14.0. The maximum absolute atomic E-state index is 14.0. The van der Waals surface area contributed by atoms with Gasteiger partial charge in [-0.25, -0.2) is 4.39 Å². The predicted molar refractivity (Wildman–Crippen MR) is 74.7 cm³/mol. The molecule has 2 aliphatic rings. The molecular formula is C14H14BrFN2O2. The molecule has 20 heavy (non-hydrogen) atoms. The lowest BCUT2D eigenvalue weighted by Crippen LogP contribution is -2.53. The van der Waals surface area contributed by atoms with Crippen LogP contribution in [0, 0.1) is 5.82 Å². The Morgan fingerprint density at radius 2 is 2.15 bits per heavy atom. The Kier molecular flexibility index (Phi) is 3.50. The molecule has 2 saturated heterocycles. The number of carbonyl (C=O) groups excluding carboxylic acids is 2. The number of rotatable bonds is 1. The summed E-state index contributed by atoms with van der Waals surface area (Å²) in [5, 5.41) is 0. The van der Waals surface area contributed by atoms with Crippen molar-refractivity contribution in [3.63, 3.8) is 0 Å².